The summed E-state index contributed by atoms with van der Waals surface area (Å²) in [6, 6.07) is 0. The topological polar surface area (TPSA) is 26.0 Å². The summed E-state index contributed by atoms with van der Waals surface area (Å²) in [5.74, 6) is 1.61. The highest BCUT2D eigenvalue weighted by molar-refractivity contribution is 4.91. The van der Waals surface area contributed by atoms with Crippen molar-refractivity contribution in [2.75, 3.05) is 0 Å². The molecule has 1 rings (SSSR count). The quantitative estimate of drug-likeness (QED) is 0.675. The molecule has 1 aliphatic rings. The molecule has 0 aromatic rings. The van der Waals surface area contributed by atoms with Crippen molar-refractivity contribution in [3.05, 3.63) is 0 Å². The van der Waals surface area contributed by atoms with Crippen molar-refractivity contribution in [2.45, 2.75) is 58.4 Å². The minimum absolute atomic E-state index is 0.158. The Bertz CT molecular complexity index is 132. The number of rotatable bonds is 2. The molecule has 1 saturated carbocycles. The van der Waals surface area contributed by atoms with Gasteiger partial charge in [-0.3, -0.25) is 0 Å². The van der Waals surface area contributed by atoms with Gasteiger partial charge in [-0.2, -0.15) is 0 Å². The predicted molar refractivity (Wildman–Crippen MR) is 54.0 cm³/mol. The first-order valence-corrected chi connectivity index (χ1v) is 5.37. The highest BCUT2D eigenvalue weighted by Gasteiger charge is 2.33. The van der Waals surface area contributed by atoms with E-state index < -0.39 is 0 Å². The van der Waals surface area contributed by atoms with Crippen molar-refractivity contribution in [3.63, 3.8) is 0 Å². The Morgan fingerprint density at radius 3 is 2.17 bits per heavy atom. The molecule has 1 nitrogen and oxygen atoms in total. The largest absolute Gasteiger partial charge is 0.325 e. The maximum absolute atomic E-state index is 6.32. The van der Waals surface area contributed by atoms with Gasteiger partial charge in [-0.15, -0.1) is 0 Å². The van der Waals surface area contributed by atoms with Crippen LogP contribution >= 0.6 is 0 Å². The van der Waals surface area contributed by atoms with Gasteiger partial charge in [-0.1, -0.05) is 27.2 Å². The van der Waals surface area contributed by atoms with Crippen molar-refractivity contribution < 1.29 is 0 Å². The second-order valence-corrected chi connectivity index (χ2v) is 4.74. The zero-order valence-electron chi connectivity index (χ0n) is 8.77. The molecule has 0 amide bonds. The van der Waals surface area contributed by atoms with Gasteiger partial charge in [0.1, 0.15) is 0 Å². The maximum atomic E-state index is 6.32. The third kappa shape index (κ3) is 2.01. The van der Waals surface area contributed by atoms with Crippen molar-refractivity contribution in [2.24, 2.45) is 17.6 Å². The van der Waals surface area contributed by atoms with Crippen LogP contribution in [0.25, 0.3) is 0 Å². The van der Waals surface area contributed by atoms with E-state index in [4.69, 9.17) is 5.73 Å². The van der Waals surface area contributed by atoms with Crippen LogP contribution in [0.15, 0.2) is 0 Å². The first kappa shape index (κ1) is 10.0. The Kier molecular flexibility index (Phi) is 3.16. The predicted octanol–water partition coefficient (Wildman–Crippen LogP) is 2.94. The zero-order chi connectivity index (χ0) is 9.19. The molecule has 1 heteroatoms. The lowest BCUT2D eigenvalue weighted by molar-refractivity contribution is 0.178. The average molecular weight is 169 g/mol. The van der Waals surface area contributed by atoms with Crippen LogP contribution in [-0.4, -0.2) is 5.54 Å². The molecule has 0 heterocycles. The van der Waals surface area contributed by atoms with E-state index in [1.807, 2.05) is 0 Å². The van der Waals surface area contributed by atoms with Crippen LogP contribution in [0.5, 0.6) is 0 Å². The fraction of sp³-hybridized carbons (Fsp3) is 1.00. The Morgan fingerprint density at radius 1 is 1.33 bits per heavy atom. The molecule has 0 atom stereocenters. The summed E-state index contributed by atoms with van der Waals surface area (Å²) < 4.78 is 0. The van der Waals surface area contributed by atoms with Gasteiger partial charge < -0.3 is 5.73 Å². The van der Waals surface area contributed by atoms with Crippen molar-refractivity contribution >= 4 is 0 Å². The molecular formula is C11H23N. The fourth-order valence-electron chi connectivity index (χ4n) is 2.20. The lowest BCUT2D eigenvalue weighted by Crippen LogP contribution is -2.47. The Labute approximate surface area is 76.7 Å². The molecule has 0 aliphatic heterocycles. The summed E-state index contributed by atoms with van der Waals surface area (Å²) in [5, 5.41) is 0. The van der Waals surface area contributed by atoms with Crippen LogP contribution in [0.1, 0.15) is 52.9 Å². The number of nitrogens with two attached hydrogens (primary N) is 1. The van der Waals surface area contributed by atoms with Gasteiger partial charge >= 0.3 is 0 Å². The van der Waals surface area contributed by atoms with Crippen LogP contribution < -0.4 is 5.73 Å². The van der Waals surface area contributed by atoms with Gasteiger partial charge in [0, 0.05) is 5.54 Å². The molecule has 0 aromatic heterocycles. The molecule has 0 saturated heterocycles. The summed E-state index contributed by atoms with van der Waals surface area (Å²) in [6.45, 7) is 6.81. The van der Waals surface area contributed by atoms with E-state index in [1.54, 1.807) is 0 Å². The molecule has 1 aliphatic carbocycles. The lowest BCUT2D eigenvalue weighted by atomic mass is 9.71. The SMILES string of the molecule is CCC1CCC(N)(C(C)C)CC1. The summed E-state index contributed by atoms with van der Waals surface area (Å²) in [6.07, 6.45) is 6.52. The Morgan fingerprint density at radius 2 is 1.83 bits per heavy atom. The minimum atomic E-state index is 0.158. The summed E-state index contributed by atoms with van der Waals surface area (Å²) >= 11 is 0. The van der Waals surface area contributed by atoms with Crippen LogP contribution in [0.4, 0.5) is 0 Å². The van der Waals surface area contributed by atoms with Crippen molar-refractivity contribution in [1.29, 1.82) is 0 Å². The first-order chi connectivity index (χ1) is 5.58. The van der Waals surface area contributed by atoms with Gasteiger partial charge in [0.05, 0.1) is 0 Å². The highest BCUT2D eigenvalue weighted by atomic mass is 14.8. The van der Waals surface area contributed by atoms with E-state index in [0.717, 1.165) is 5.92 Å². The van der Waals surface area contributed by atoms with Crippen LogP contribution in [0.2, 0.25) is 0 Å². The highest BCUT2D eigenvalue weighted by Crippen LogP contribution is 2.36. The molecule has 0 spiro atoms. The van der Waals surface area contributed by atoms with E-state index in [0.29, 0.717) is 5.92 Å². The molecule has 0 aromatic carbocycles. The first-order valence-electron chi connectivity index (χ1n) is 5.37. The monoisotopic (exact) mass is 169 g/mol. The molecule has 0 unspecified atom stereocenters. The summed E-state index contributed by atoms with van der Waals surface area (Å²) in [4.78, 5) is 0. The molecule has 0 bridgehead atoms. The molecule has 1 fully saturated rings. The molecule has 0 radical (unpaired) electrons. The Balaban J connectivity index is 2.44. The standard InChI is InChI=1S/C11H23N/c1-4-10-5-7-11(12,8-6-10)9(2)3/h9-10H,4-8,12H2,1-3H3. The van der Waals surface area contributed by atoms with Crippen LogP contribution in [0.3, 0.4) is 0 Å². The maximum Gasteiger partial charge on any atom is 0.0177 e. The minimum Gasteiger partial charge on any atom is -0.325 e. The second-order valence-electron chi connectivity index (χ2n) is 4.74. The van der Waals surface area contributed by atoms with Crippen LogP contribution in [0, 0.1) is 11.8 Å². The number of hydrogen-bond donors (Lipinski definition) is 1. The van der Waals surface area contributed by atoms with E-state index in [-0.39, 0.29) is 5.54 Å². The van der Waals surface area contributed by atoms with Gasteiger partial charge in [-0.05, 0) is 37.5 Å². The molecule has 12 heavy (non-hydrogen) atoms. The molecule has 2 N–H and O–H groups in total. The van der Waals surface area contributed by atoms with E-state index in [9.17, 15) is 0 Å². The molecular weight excluding hydrogens is 146 g/mol. The Hall–Kier alpha value is -0.0400. The fourth-order valence-corrected chi connectivity index (χ4v) is 2.20. The zero-order valence-corrected chi connectivity index (χ0v) is 8.77. The van der Waals surface area contributed by atoms with Crippen molar-refractivity contribution in [1.82, 2.24) is 0 Å². The van der Waals surface area contributed by atoms with E-state index in [2.05, 4.69) is 20.8 Å². The molecule has 72 valence electrons. The summed E-state index contributed by atoms with van der Waals surface area (Å²) in [5.41, 5.74) is 6.48. The van der Waals surface area contributed by atoms with E-state index >= 15 is 0 Å². The van der Waals surface area contributed by atoms with E-state index in [1.165, 1.54) is 32.1 Å². The van der Waals surface area contributed by atoms with Gasteiger partial charge in [-0.25, -0.2) is 0 Å². The van der Waals surface area contributed by atoms with Gasteiger partial charge in [0.15, 0.2) is 0 Å². The van der Waals surface area contributed by atoms with Crippen LogP contribution in [-0.2, 0) is 0 Å². The summed E-state index contributed by atoms with van der Waals surface area (Å²) in [7, 11) is 0. The lowest BCUT2D eigenvalue weighted by Gasteiger charge is -2.40. The second kappa shape index (κ2) is 3.78. The normalized spacial score (nSPS) is 37.2. The average Bonchev–Trinajstić information content (AvgIpc) is 2.06. The number of hydrogen-bond acceptors (Lipinski definition) is 1. The van der Waals surface area contributed by atoms with Gasteiger partial charge in [0.2, 0.25) is 0 Å². The third-order valence-electron chi connectivity index (χ3n) is 3.76. The van der Waals surface area contributed by atoms with Crippen molar-refractivity contribution in [3.8, 4) is 0 Å². The smallest absolute Gasteiger partial charge is 0.0177 e. The van der Waals surface area contributed by atoms with Gasteiger partial charge in [0.25, 0.3) is 0 Å². The third-order valence-corrected chi connectivity index (χ3v) is 3.76.